The van der Waals surface area contributed by atoms with Gasteiger partial charge in [-0.05, 0) is 36.5 Å². The topological polar surface area (TPSA) is 89.5 Å². The van der Waals surface area contributed by atoms with E-state index >= 15 is 0 Å². The number of aromatic nitrogens is 3. The largest absolute Gasteiger partial charge is 0.466 e. The Balaban J connectivity index is 0.00000320. The number of pyridine rings is 1. The summed E-state index contributed by atoms with van der Waals surface area (Å²) in [5.41, 5.74) is 2.23. The first-order valence-corrected chi connectivity index (χ1v) is 9.80. The minimum atomic E-state index is -0.327. The molecule has 156 valence electrons. The number of rotatable bonds is 9. The number of aryl methyl sites for hydroxylation is 1. The number of hydrogen-bond donors (Lipinski definition) is 1. The summed E-state index contributed by atoms with van der Waals surface area (Å²) < 4.78 is 9.93. The quantitative estimate of drug-likeness (QED) is 0.391. The predicted octanol–water partition coefficient (Wildman–Crippen LogP) is 2.75. The second-order valence-corrected chi connectivity index (χ2v) is 6.80. The molecule has 0 bridgehead atoms. The van der Waals surface area contributed by atoms with Gasteiger partial charge in [0.05, 0.1) is 20.3 Å². The van der Waals surface area contributed by atoms with Crippen molar-refractivity contribution in [2.75, 3.05) is 38.7 Å². The lowest BCUT2D eigenvalue weighted by Gasteiger charge is -2.26. The molecule has 0 radical (unpaired) electrons. The highest BCUT2D eigenvalue weighted by Crippen LogP contribution is 2.13. The summed E-state index contributed by atoms with van der Waals surface area (Å²) in [6.45, 7) is 4.40. The van der Waals surface area contributed by atoms with Gasteiger partial charge in [-0.25, -0.2) is 19.7 Å². The SMILES string of the molecule is COC(=O)/C=C/CCCc1cnc(Nc2ccc(CN3CCOCC3)cn2)nc1.[HH]. The summed E-state index contributed by atoms with van der Waals surface area (Å²) in [6, 6.07) is 4.02. The van der Waals surface area contributed by atoms with E-state index in [-0.39, 0.29) is 7.40 Å². The molecule has 0 unspecified atom stereocenters. The zero-order chi connectivity index (χ0) is 20.3. The fourth-order valence-electron chi connectivity index (χ4n) is 2.94. The third-order valence-electron chi connectivity index (χ3n) is 4.57. The predicted molar refractivity (Wildman–Crippen MR) is 112 cm³/mol. The number of unbranched alkanes of at least 4 members (excludes halogenated alkanes) is 1. The van der Waals surface area contributed by atoms with E-state index in [0.717, 1.165) is 63.5 Å². The monoisotopic (exact) mass is 399 g/mol. The van der Waals surface area contributed by atoms with Crippen LogP contribution in [-0.4, -0.2) is 59.2 Å². The fraction of sp³-hybridized carbons (Fsp3) is 0.429. The molecule has 2 aromatic rings. The van der Waals surface area contributed by atoms with E-state index in [4.69, 9.17) is 4.74 Å². The number of methoxy groups -OCH3 is 1. The fourth-order valence-corrected chi connectivity index (χ4v) is 2.94. The Bertz CT molecular complexity index is 793. The van der Waals surface area contributed by atoms with Gasteiger partial charge in [0, 0.05) is 45.7 Å². The minimum Gasteiger partial charge on any atom is -0.466 e. The Morgan fingerprint density at radius 3 is 2.66 bits per heavy atom. The number of nitrogens with one attached hydrogen (secondary N) is 1. The van der Waals surface area contributed by atoms with Gasteiger partial charge in [0.1, 0.15) is 5.82 Å². The van der Waals surface area contributed by atoms with Gasteiger partial charge in [-0.1, -0.05) is 12.1 Å². The van der Waals surface area contributed by atoms with Crippen LogP contribution in [0.2, 0.25) is 0 Å². The van der Waals surface area contributed by atoms with Gasteiger partial charge in [-0.2, -0.15) is 0 Å². The van der Waals surface area contributed by atoms with Crippen molar-refractivity contribution in [3.8, 4) is 0 Å². The van der Waals surface area contributed by atoms with Crippen LogP contribution in [0, 0.1) is 0 Å². The number of carbonyl (C=O) groups excluding carboxylic acids is 1. The van der Waals surface area contributed by atoms with Crippen molar-refractivity contribution in [1.82, 2.24) is 19.9 Å². The number of esters is 1. The van der Waals surface area contributed by atoms with Crippen molar-refractivity contribution < 1.29 is 15.7 Å². The molecule has 1 aliphatic rings. The van der Waals surface area contributed by atoms with E-state index < -0.39 is 0 Å². The molecule has 0 saturated carbocycles. The Morgan fingerprint density at radius 1 is 1.21 bits per heavy atom. The third kappa shape index (κ3) is 7.24. The highest BCUT2D eigenvalue weighted by molar-refractivity contribution is 5.81. The lowest BCUT2D eigenvalue weighted by molar-refractivity contribution is -0.134. The van der Waals surface area contributed by atoms with Gasteiger partial charge in [-0.3, -0.25) is 4.90 Å². The highest BCUT2D eigenvalue weighted by Gasteiger charge is 2.10. The van der Waals surface area contributed by atoms with Crippen molar-refractivity contribution in [2.24, 2.45) is 0 Å². The van der Waals surface area contributed by atoms with Crippen LogP contribution in [0.3, 0.4) is 0 Å². The average molecular weight is 399 g/mol. The van der Waals surface area contributed by atoms with Gasteiger partial charge >= 0.3 is 5.97 Å². The van der Waals surface area contributed by atoms with Gasteiger partial charge in [0.2, 0.25) is 5.95 Å². The Labute approximate surface area is 172 Å². The van der Waals surface area contributed by atoms with Crippen molar-refractivity contribution in [1.29, 1.82) is 0 Å². The summed E-state index contributed by atoms with van der Waals surface area (Å²) in [6.07, 6.45) is 11.3. The zero-order valence-corrected chi connectivity index (χ0v) is 16.7. The molecular formula is C21H29N5O3. The van der Waals surface area contributed by atoms with Crippen LogP contribution >= 0.6 is 0 Å². The van der Waals surface area contributed by atoms with Gasteiger partial charge in [-0.15, -0.1) is 0 Å². The molecule has 0 amide bonds. The van der Waals surface area contributed by atoms with Crippen LogP contribution in [0.15, 0.2) is 42.9 Å². The van der Waals surface area contributed by atoms with Crippen LogP contribution in [-0.2, 0) is 27.2 Å². The van der Waals surface area contributed by atoms with E-state index in [1.807, 2.05) is 30.7 Å². The van der Waals surface area contributed by atoms with Crippen molar-refractivity contribution in [3.63, 3.8) is 0 Å². The maximum atomic E-state index is 11.0. The first-order chi connectivity index (χ1) is 14.2. The van der Waals surface area contributed by atoms with Crippen molar-refractivity contribution >= 4 is 17.7 Å². The Kier molecular flexibility index (Phi) is 8.09. The molecule has 29 heavy (non-hydrogen) atoms. The van der Waals surface area contributed by atoms with E-state index in [0.29, 0.717) is 5.95 Å². The smallest absolute Gasteiger partial charge is 0.330 e. The number of hydrogen-bond acceptors (Lipinski definition) is 8. The maximum Gasteiger partial charge on any atom is 0.330 e. The van der Waals surface area contributed by atoms with E-state index in [1.165, 1.54) is 18.7 Å². The molecule has 8 nitrogen and oxygen atoms in total. The van der Waals surface area contributed by atoms with E-state index in [2.05, 4.69) is 36.0 Å². The van der Waals surface area contributed by atoms with Crippen molar-refractivity contribution in [3.05, 3.63) is 54.0 Å². The molecule has 1 saturated heterocycles. The highest BCUT2D eigenvalue weighted by atomic mass is 16.5. The van der Waals surface area contributed by atoms with Gasteiger partial charge < -0.3 is 14.8 Å². The normalized spacial score (nSPS) is 14.8. The summed E-state index contributed by atoms with van der Waals surface area (Å²) in [5, 5.41) is 3.13. The summed E-state index contributed by atoms with van der Waals surface area (Å²) >= 11 is 0. The van der Waals surface area contributed by atoms with Crippen LogP contribution in [0.1, 0.15) is 25.4 Å². The second kappa shape index (κ2) is 11.2. The average Bonchev–Trinajstić information content (AvgIpc) is 2.76. The molecule has 0 aliphatic carbocycles. The molecule has 0 atom stereocenters. The Morgan fingerprint density at radius 2 is 1.97 bits per heavy atom. The summed E-state index contributed by atoms with van der Waals surface area (Å²) in [7, 11) is 1.37. The molecule has 1 N–H and O–H groups in total. The molecule has 1 aliphatic heterocycles. The van der Waals surface area contributed by atoms with Gasteiger partial charge in [0.25, 0.3) is 0 Å². The van der Waals surface area contributed by atoms with Crippen LogP contribution in [0.5, 0.6) is 0 Å². The molecular weight excluding hydrogens is 370 g/mol. The summed E-state index contributed by atoms with van der Waals surface area (Å²) in [4.78, 5) is 26.5. The van der Waals surface area contributed by atoms with Crippen LogP contribution in [0.4, 0.5) is 11.8 Å². The van der Waals surface area contributed by atoms with Crippen molar-refractivity contribution in [2.45, 2.75) is 25.8 Å². The van der Waals surface area contributed by atoms with Crippen LogP contribution < -0.4 is 5.32 Å². The molecule has 1 fully saturated rings. The zero-order valence-electron chi connectivity index (χ0n) is 16.7. The molecule has 8 heteroatoms. The lowest BCUT2D eigenvalue weighted by atomic mass is 10.1. The minimum absolute atomic E-state index is 0. The number of anilines is 2. The molecule has 0 aromatic carbocycles. The number of carbonyl (C=O) groups is 1. The second-order valence-electron chi connectivity index (χ2n) is 6.80. The number of allylic oxidation sites excluding steroid dienone is 1. The Hall–Kier alpha value is -2.84. The standard InChI is InChI=1S/C21H27N5O3.H2/c1-28-20(27)6-4-2-3-5-17-13-23-21(24-14-17)25-19-8-7-18(15-22-19)16-26-9-11-29-12-10-26;/h4,6-8,13-15H,2-3,5,9-12,16H2,1H3,(H,22,23,24,25);1H/b6-4+;. The number of nitrogens with zero attached hydrogens (tertiary/aromatic N) is 4. The van der Waals surface area contributed by atoms with Crippen LogP contribution in [0.25, 0.3) is 0 Å². The first kappa shape index (κ1) is 20.9. The number of morpholine rings is 1. The lowest BCUT2D eigenvalue weighted by Crippen LogP contribution is -2.35. The molecule has 0 spiro atoms. The first-order valence-electron chi connectivity index (χ1n) is 9.80. The van der Waals surface area contributed by atoms with E-state index in [9.17, 15) is 4.79 Å². The maximum absolute atomic E-state index is 11.0. The summed E-state index contributed by atoms with van der Waals surface area (Å²) in [5.74, 6) is 0.913. The molecule has 3 rings (SSSR count). The third-order valence-corrected chi connectivity index (χ3v) is 4.57. The molecule has 3 heterocycles. The van der Waals surface area contributed by atoms with Gasteiger partial charge in [0.15, 0.2) is 0 Å². The number of ether oxygens (including phenoxy) is 2. The molecule has 2 aromatic heterocycles. The van der Waals surface area contributed by atoms with E-state index in [1.54, 1.807) is 0 Å².